The van der Waals surface area contributed by atoms with Crippen molar-refractivity contribution in [3.8, 4) is 11.3 Å². The van der Waals surface area contributed by atoms with Gasteiger partial charge in [-0.05, 0) is 25.0 Å². The molecular weight excluding hydrogens is 400 g/mol. The Labute approximate surface area is 179 Å². The summed E-state index contributed by atoms with van der Waals surface area (Å²) in [5.74, 6) is 0.719. The lowest BCUT2D eigenvalue weighted by Gasteiger charge is -2.25. The summed E-state index contributed by atoms with van der Waals surface area (Å²) in [6.07, 6.45) is 5.94. The molecule has 0 aromatic carbocycles. The van der Waals surface area contributed by atoms with Crippen LogP contribution in [0.2, 0.25) is 0 Å². The summed E-state index contributed by atoms with van der Waals surface area (Å²) in [5, 5.41) is 8.92. The molecule has 3 aromatic rings. The number of aryl methyl sites for hydroxylation is 1. The largest absolute Gasteiger partial charge is 0.378 e. The molecule has 31 heavy (non-hydrogen) atoms. The fourth-order valence-corrected chi connectivity index (χ4v) is 3.67. The standard InChI is InChI=1S/C19H23N7O2.CH3NO/c1-23(14-3-4-14)18(27)15-12-20-24(2)17(15)13-5-6-26-16(11-13)21-19(22-26)25-7-9-28-10-8-25;2-1-3/h5-6,11-12,14H,3-4,7-10H2,1-2H3;1H,(H2,2,3). The van der Waals surface area contributed by atoms with Crippen LogP contribution in [-0.4, -0.2) is 81.0 Å². The third kappa shape index (κ3) is 4.22. The zero-order chi connectivity index (χ0) is 22.0. The van der Waals surface area contributed by atoms with E-state index in [1.54, 1.807) is 15.4 Å². The van der Waals surface area contributed by atoms with E-state index in [-0.39, 0.29) is 12.3 Å². The first kappa shape index (κ1) is 20.8. The Morgan fingerprint density at radius 3 is 2.71 bits per heavy atom. The van der Waals surface area contributed by atoms with Gasteiger partial charge in [-0.1, -0.05) is 0 Å². The Balaban J connectivity index is 0.000000730. The molecule has 3 aromatic heterocycles. The zero-order valence-corrected chi connectivity index (χ0v) is 17.6. The summed E-state index contributed by atoms with van der Waals surface area (Å²) < 4.78 is 8.92. The number of anilines is 1. The van der Waals surface area contributed by atoms with Crippen LogP contribution in [0.4, 0.5) is 5.95 Å². The highest BCUT2D eigenvalue weighted by Crippen LogP contribution is 2.30. The van der Waals surface area contributed by atoms with E-state index in [0.717, 1.165) is 42.8 Å². The van der Waals surface area contributed by atoms with Crippen LogP contribution >= 0.6 is 0 Å². The molecule has 2 aliphatic rings. The van der Waals surface area contributed by atoms with Crippen molar-refractivity contribution in [3.63, 3.8) is 0 Å². The van der Waals surface area contributed by atoms with Gasteiger partial charge < -0.3 is 20.3 Å². The highest BCUT2D eigenvalue weighted by molar-refractivity contribution is 6.00. The van der Waals surface area contributed by atoms with Crippen LogP contribution in [0, 0.1) is 0 Å². The molecule has 1 aliphatic heterocycles. The van der Waals surface area contributed by atoms with Crippen molar-refractivity contribution in [2.24, 2.45) is 12.8 Å². The molecule has 0 radical (unpaired) electrons. The number of hydrogen-bond acceptors (Lipinski definition) is 7. The molecule has 1 saturated heterocycles. The first-order valence-corrected chi connectivity index (χ1v) is 10.2. The zero-order valence-electron chi connectivity index (χ0n) is 17.6. The normalized spacial score (nSPS) is 16.0. The van der Waals surface area contributed by atoms with E-state index in [0.29, 0.717) is 30.8 Å². The van der Waals surface area contributed by atoms with E-state index in [4.69, 9.17) is 9.53 Å². The number of aromatic nitrogens is 5. The van der Waals surface area contributed by atoms with Crippen molar-refractivity contribution >= 4 is 23.9 Å². The second-order valence-electron chi connectivity index (χ2n) is 7.54. The molecular formula is C20H26N8O3. The number of hydrogen-bond donors (Lipinski definition) is 1. The number of morpholine rings is 1. The number of ether oxygens (including phenoxy) is 1. The lowest BCUT2D eigenvalue weighted by atomic mass is 10.1. The lowest BCUT2D eigenvalue weighted by molar-refractivity contribution is -0.106. The van der Waals surface area contributed by atoms with Crippen molar-refractivity contribution < 1.29 is 14.3 Å². The maximum absolute atomic E-state index is 12.9. The van der Waals surface area contributed by atoms with Gasteiger partial charge in [-0.15, -0.1) is 5.10 Å². The first-order chi connectivity index (χ1) is 15.0. The summed E-state index contributed by atoms with van der Waals surface area (Å²) in [5.41, 5.74) is 7.24. The molecule has 11 heteroatoms. The number of nitrogens with two attached hydrogens (primary N) is 1. The van der Waals surface area contributed by atoms with Gasteiger partial charge in [-0.25, -0.2) is 4.52 Å². The Bertz CT molecular complexity index is 1080. The van der Waals surface area contributed by atoms with Gasteiger partial charge in [-0.2, -0.15) is 10.1 Å². The maximum atomic E-state index is 12.9. The van der Waals surface area contributed by atoms with Gasteiger partial charge in [0.2, 0.25) is 12.4 Å². The minimum atomic E-state index is 0.0148. The van der Waals surface area contributed by atoms with Gasteiger partial charge >= 0.3 is 0 Å². The van der Waals surface area contributed by atoms with Gasteiger partial charge in [0, 0.05) is 45.0 Å². The molecule has 4 heterocycles. The number of carbonyl (C=O) groups excluding carboxylic acids is 2. The first-order valence-electron chi connectivity index (χ1n) is 10.2. The number of fused-ring (bicyclic) bond motifs is 1. The summed E-state index contributed by atoms with van der Waals surface area (Å²) in [6.45, 7) is 2.96. The molecule has 5 rings (SSSR count). The highest BCUT2D eigenvalue weighted by Gasteiger charge is 2.32. The van der Waals surface area contributed by atoms with E-state index in [2.05, 4.69) is 25.8 Å². The maximum Gasteiger partial charge on any atom is 0.257 e. The van der Waals surface area contributed by atoms with Crippen molar-refractivity contribution in [1.82, 2.24) is 29.3 Å². The van der Waals surface area contributed by atoms with Crippen LogP contribution in [-0.2, 0) is 16.6 Å². The van der Waals surface area contributed by atoms with Crippen molar-refractivity contribution in [1.29, 1.82) is 0 Å². The average Bonchev–Trinajstić information content (AvgIpc) is 3.43. The Kier molecular flexibility index (Phi) is 5.85. The second kappa shape index (κ2) is 8.72. The Morgan fingerprint density at radius 1 is 1.32 bits per heavy atom. The fraction of sp³-hybridized carbons (Fsp3) is 0.450. The third-order valence-electron chi connectivity index (χ3n) is 5.48. The van der Waals surface area contributed by atoms with Crippen LogP contribution in [0.3, 0.4) is 0 Å². The van der Waals surface area contributed by atoms with E-state index in [9.17, 15) is 4.79 Å². The summed E-state index contributed by atoms with van der Waals surface area (Å²) in [7, 11) is 3.73. The predicted octanol–water partition coefficient (Wildman–Crippen LogP) is 0.302. The second-order valence-corrected chi connectivity index (χ2v) is 7.54. The molecule has 2 N–H and O–H groups in total. The lowest BCUT2D eigenvalue weighted by Crippen LogP contribution is -2.36. The van der Waals surface area contributed by atoms with E-state index < -0.39 is 0 Å². The van der Waals surface area contributed by atoms with Gasteiger partial charge in [-0.3, -0.25) is 14.3 Å². The molecule has 1 aliphatic carbocycles. The molecule has 164 valence electrons. The topological polar surface area (TPSA) is 124 Å². The molecule has 2 amide bonds. The van der Waals surface area contributed by atoms with E-state index >= 15 is 0 Å². The number of carbonyl (C=O) groups is 2. The van der Waals surface area contributed by atoms with Gasteiger partial charge in [0.05, 0.1) is 30.7 Å². The van der Waals surface area contributed by atoms with E-state index in [1.165, 1.54) is 0 Å². The summed E-state index contributed by atoms with van der Waals surface area (Å²) in [6, 6.07) is 4.27. The summed E-state index contributed by atoms with van der Waals surface area (Å²) in [4.78, 5) is 30.1. The minimum Gasteiger partial charge on any atom is -0.378 e. The fourth-order valence-electron chi connectivity index (χ4n) is 3.67. The van der Waals surface area contributed by atoms with E-state index in [1.807, 2.05) is 37.3 Å². The molecule has 11 nitrogen and oxygen atoms in total. The number of pyridine rings is 1. The van der Waals surface area contributed by atoms with Crippen LogP contribution in [0.1, 0.15) is 23.2 Å². The third-order valence-corrected chi connectivity index (χ3v) is 5.48. The molecule has 0 atom stereocenters. The smallest absolute Gasteiger partial charge is 0.257 e. The molecule has 2 fully saturated rings. The SMILES string of the molecule is CN(C(=O)c1cnn(C)c1-c1ccn2nc(N3CCOCC3)nc2c1)C1CC1.NC=O. The summed E-state index contributed by atoms with van der Waals surface area (Å²) >= 11 is 0. The van der Waals surface area contributed by atoms with Gasteiger partial charge in [0.15, 0.2) is 5.65 Å². The number of primary amides is 1. The van der Waals surface area contributed by atoms with Crippen LogP contribution in [0.25, 0.3) is 16.9 Å². The number of rotatable bonds is 4. The number of amides is 2. The quantitative estimate of drug-likeness (QED) is 0.595. The Hall–Kier alpha value is -3.47. The van der Waals surface area contributed by atoms with Crippen LogP contribution in [0.15, 0.2) is 24.5 Å². The predicted molar refractivity (Wildman–Crippen MR) is 114 cm³/mol. The van der Waals surface area contributed by atoms with Crippen LogP contribution < -0.4 is 10.6 Å². The van der Waals surface area contributed by atoms with Gasteiger partial charge in [0.25, 0.3) is 5.91 Å². The van der Waals surface area contributed by atoms with Gasteiger partial charge in [0.1, 0.15) is 0 Å². The Morgan fingerprint density at radius 2 is 2.03 bits per heavy atom. The van der Waals surface area contributed by atoms with Crippen LogP contribution in [0.5, 0.6) is 0 Å². The monoisotopic (exact) mass is 426 g/mol. The van der Waals surface area contributed by atoms with Crippen molar-refractivity contribution in [2.45, 2.75) is 18.9 Å². The number of nitrogens with zero attached hydrogens (tertiary/aromatic N) is 7. The van der Waals surface area contributed by atoms with Crippen molar-refractivity contribution in [2.75, 3.05) is 38.3 Å². The van der Waals surface area contributed by atoms with Crippen molar-refractivity contribution in [3.05, 3.63) is 30.1 Å². The molecule has 0 unspecified atom stereocenters. The highest BCUT2D eigenvalue weighted by atomic mass is 16.5. The molecule has 0 bridgehead atoms. The minimum absolute atomic E-state index is 0.0148. The molecule has 0 spiro atoms. The average molecular weight is 426 g/mol. The molecule has 1 saturated carbocycles.